The van der Waals surface area contributed by atoms with Crippen molar-refractivity contribution in [1.29, 1.82) is 0 Å². The molecule has 1 N–H and O–H groups in total. The summed E-state index contributed by atoms with van der Waals surface area (Å²) in [5, 5.41) is 9.45. The highest BCUT2D eigenvalue weighted by Crippen LogP contribution is 2.38. The zero-order valence-electron chi connectivity index (χ0n) is 12.4. The Morgan fingerprint density at radius 2 is 2.05 bits per heavy atom. The maximum atomic E-state index is 12.2. The van der Waals surface area contributed by atoms with Crippen LogP contribution in [0, 0.1) is 0 Å². The van der Waals surface area contributed by atoms with E-state index in [0.717, 1.165) is 17.7 Å². The minimum absolute atomic E-state index is 0.451. The molecule has 5 nitrogen and oxygen atoms in total. The van der Waals surface area contributed by atoms with Crippen LogP contribution in [-0.4, -0.2) is 27.3 Å². The normalized spacial score (nSPS) is 22.2. The number of aliphatic carboxylic acids is 1. The van der Waals surface area contributed by atoms with Crippen molar-refractivity contribution in [2.24, 2.45) is 0 Å². The van der Waals surface area contributed by atoms with E-state index < -0.39 is 23.1 Å². The van der Waals surface area contributed by atoms with Gasteiger partial charge in [-0.05, 0) is 58.6 Å². The second-order valence-electron chi connectivity index (χ2n) is 6.52. The van der Waals surface area contributed by atoms with E-state index >= 15 is 0 Å². The Hall–Kier alpha value is -1.78. The van der Waals surface area contributed by atoms with Gasteiger partial charge in [-0.25, -0.2) is 4.79 Å². The summed E-state index contributed by atoms with van der Waals surface area (Å²) in [4.78, 5) is 23.7. The summed E-state index contributed by atoms with van der Waals surface area (Å²) in [6.07, 6.45) is 3.21. The van der Waals surface area contributed by atoms with Gasteiger partial charge in [-0.3, -0.25) is 9.36 Å². The van der Waals surface area contributed by atoms with Crippen LogP contribution in [0.5, 0.6) is 0 Å². The number of carbonyl (C=O) groups excluding carboxylic acids is 1. The fourth-order valence-corrected chi connectivity index (χ4v) is 2.67. The number of nitrogens with zero attached hydrogens (tertiary/aromatic N) is 1. The van der Waals surface area contributed by atoms with Gasteiger partial charge in [-0.1, -0.05) is 0 Å². The molecule has 110 valence electrons. The lowest BCUT2D eigenvalue weighted by atomic mass is 9.74. The molecule has 0 fully saturated rings. The maximum Gasteiger partial charge on any atom is 0.418 e. The molecular weight excluding hydrogens is 258 g/mol. The van der Waals surface area contributed by atoms with Gasteiger partial charge >= 0.3 is 12.1 Å². The van der Waals surface area contributed by atoms with Crippen LogP contribution < -0.4 is 0 Å². The molecule has 0 aliphatic heterocycles. The number of hydrogen-bond donors (Lipinski definition) is 1. The molecule has 1 atom stereocenters. The molecule has 1 aromatic rings. The zero-order valence-corrected chi connectivity index (χ0v) is 12.4. The van der Waals surface area contributed by atoms with Crippen molar-refractivity contribution in [3.63, 3.8) is 0 Å². The molecule has 1 aliphatic rings. The SMILES string of the molecule is CC(C)(C)OC(=O)n1ccc2c1CCCC2(C)C(=O)O. The number of ether oxygens (including phenoxy) is 1. The van der Waals surface area contributed by atoms with Crippen molar-refractivity contribution in [1.82, 2.24) is 4.57 Å². The topological polar surface area (TPSA) is 68.5 Å². The molecule has 20 heavy (non-hydrogen) atoms. The highest BCUT2D eigenvalue weighted by Gasteiger charge is 2.41. The van der Waals surface area contributed by atoms with Crippen LogP contribution >= 0.6 is 0 Å². The fourth-order valence-electron chi connectivity index (χ4n) is 2.67. The van der Waals surface area contributed by atoms with Crippen molar-refractivity contribution in [2.75, 3.05) is 0 Å². The highest BCUT2D eigenvalue weighted by atomic mass is 16.6. The monoisotopic (exact) mass is 279 g/mol. The van der Waals surface area contributed by atoms with Gasteiger partial charge in [0.1, 0.15) is 5.60 Å². The van der Waals surface area contributed by atoms with E-state index in [9.17, 15) is 14.7 Å². The summed E-state index contributed by atoms with van der Waals surface area (Å²) in [5.74, 6) is -0.847. The molecule has 5 heteroatoms. The molecule has 0 amide bonds. The highest BCUT2D eigenvalue weighted by molar-refractivity contribution is 5.83. The van der Waals surface area contributed by atoms with Gasteiger partial charge < -0.3 is 9.84 Å². The summed E-state index contributed by atoms with van der Waals surface area (Å²) in [6.45, 7) is 7.14. The van der Waals surface area contributed by atoms with Crippen LogP contribution in [0.15, 0.2) is 12.3 Å². The molecular formula is C15H21NO4. The Morgan fingerprint density at radius 1 is 1.40 bits per heavy atom. The second-order valence-corrected chi connectivity index (χ2v) is 6.52. The summed E-state index contributed by atoms with van der Waals surface area (Å²) >= 11 is 0. The molecule has 0 saturated heterocycles. The number of fused-ring (bicyclic) bond motifs is 1. The Labute approximate surface area is 118 Å². The molecule has 0 aromatic carbocycles. The quantitative estimate of drug-likeness (QED) is 0.858. The van der Waals surface area contributed by atoms with Crippen molar-refractivity contribution >= 4 is 12.1 Å². The minimum Gasteiger partial charge on any atom is -0.481 e. The van der Waals surface area contributed by atoms with E-state index in [4.69, 9.17) is 4.74 Å². The molecule has 1 aromatic heterocycles. The molecule has 0 bridgehead atoms. The van der Waals surface area contributed by atoms with Crippen molar-refractivity contribution < 1.29 is 19.4 Å². The summed E-state index contributed by atoms with van der Waals surface area (Å²) < 4.78 is 6.80. The molecule has 0 spiro atoms. The first-order valence-corrected chi connectivity index (χ1v) is 6.82. The molecule has 1 heterocycles. The average Bonchev–Trinajstić information content (AvgIpc) is 2.71. The summed E-state index contributed by atoms with van der Waals surface area (Å²) in [5.41, 5.74) is -0.00245. The largest absolute Gasteiger partial charge is 0.481 e. The van der Waals surface area contributed by atoms with E-state index in [1.165, 1.54) is 4.57 Å². The lowest BCUT2D eigenvalue weighted by molar-refractivity contribution is -0.143. The van der Waals surface area contributed by atoms with Crippen LogP contribution in [0.2, 0.25) is 0 Å². The predicted octanol–water partition coefficient (Wildman–Crippen LogP) is 2.95. The first-order chi connectivity index (χ1) is 9.15. The van der Waals surface area contributed by atoms with Gasteiger partial charge in [0, 0.05) is 11.9 Å². The molecule has 1 aliphatic carbocycles. The Bertz CT molecular complexity index is 553. The molecule has 2 rings (SSSR count). The third-order valence-electron chi connectivity index (χ3n) is 3.74. The molecule has 1 unspecified atom stereocenters. The average molecular weight is 279 g/mol. The lowest BCUT2D eigenvalue weighted by Crippen LogP contribution is -2.36. The van der Waals surface area contributed by atoms with E-state index in [1.807, 2.05) is 20.8 Å². The zero-order chi connectivity index (χ0) is 15.1. The van der Waals surface area contributed by atoms with Gasteiger partial charge in [-0.2, -0.15) is 0 Å². The maximum absolute atomic E-state index is 12.2. The number of aromatic nitrogens is 1. The number of carboxylic acid groups (broad SMARTS) is 1. The van der Waals surface area contributed by atoms with Crippen LogP contribution in [0.4, 0.5) is 4.79 Å². The lowest BCUT2D eigenvalue weighted by Gasteiger charge is -2.30. The van der Waals surface area contributed by atoms with E-state index in [1.54, 1.807) is 19.2 Å². The van der Waals surface area contributed by atoms with Crippen LogP contribution in [0.1, 0.15) is 51.8 Å². The second kappa shape index (κ2) is 4.65. The van der Waals surface area contributed by atoms with E-state index in [-0.39, 0.29) is 0 Å². The Morgan fingerprint density at radius 3 is 2.60 bits per heavy atom. The number of hydrogen-bond acceptors (Lipinski definition) is 3. The first kappa shape index (κ1) is 14.6. The third kappa shape index (κ3) is 2.44. The number of carboxylic acids is 1. The van der Waals surface area contributed by atoms with E-state index in [0.29, 0.717) is 12.8 Å². The third-order valence-corrected chi connectivity index (χ3v) is 3.74. The predicted molar refractivity (Wildman–Crippen MR) is 74.0 cm³/mol. The number of rotatable bonds is 1. The smallest absolute Gasteiger partial charge is 0.418 e. The standard InChI is InChI=1S/C15H21NO4/c1-14(2,3)20-13(19)16-9-7-10-11(16)6-5-8-15(10,4)12(17)18/h7,9H,5-6,8H2,1-4H3,(H,17,18). The van der Waals surface area contributed by atoms with Crippen molar-refractivity contribution in [3.05, 3.63) is 23.5 Å². The summed E-state index contributed by atoms with van der Waals surface area (Å²) in [6, 6.07) is 1.73. The van der Waals surface area contributed by atoms with Gasteiger partial charge in [0.25, 0.3) is 0 Å². The van der Waals surface area contributed by atoms with Gasteiger partial charge in [-0.15, -0.1) is 0 Å². The Balaban J connectivity index is 2.39. The minimum atomic E-state index is -0.916. The van der Waals surface area contributed by atoms with Gasteiger partial charge in [0.05, 0.1) is 5.41 Å². The Kier molecular flexibility index (Phi) is 3.40. The molecule has 0 saturated carbocycles. The van der Waals surface area contributed by atoms with Crippen molar-refractivity contribution in [3.8, 4) is 0 Å². The number of carbonyl (C=O) groups is 2. The van der Waals surface area contributed by atoms with Crippen LogP contribution in [0.25, 0.3) is 0 Å². The summed E-state index contributed by atoms with van der Waals surface area (Å²) in [7, 11) is 0. The van der Waals surface area contributed by atoms with Gasteiger partial charge in [0.2, 0.25) is 0 Å². The van der Waals surface area contributed by atoms with Gasteiger partial charge in [0.15, 0.2) is 0 Å². The molecule has 0 radical (unpaired) electrons. The van der Waals surface area contributed by atoms with Crippen LogP contribution in [0.3, 0.4) is 0 Å². The fraction of sp³-hybridized carbons (Fsp3) is 0.600. The van der Waals surface area contributed by atoms with E-state index in [2.05, 4.69) is 0 Å². The van der Waals surface area contributed by atoms with Crippen molar-refractivity contribution in [2.45, 2.75) is 58.0 Å². The van der Waals surface area contributed by atoms with Crippen LogP contribution in [-0.2, 0) is 21.4 Å². The first-order valence-electron chi connectivity index (χ1n) is 6.82.